The maximum Gasteiger partial charge on any atom is 0.311 e. The Bertz CT molecular complexity index is 705. The lowest BCUT2D eigenvalue weighted by Gasteiger charge is -2.64. The Labute approximate surface area is 157 Å². The minimum atomic E-state index is -2.77. The summed E-state index contributed by atoms with van der Waals surface area (Å²) in [6.45, 7) is 0.121. The van der Waals surface area contributed by atoms with E-state index in [0.29, 0.717) is 37.6 Å². The molecule has 4 saturated carbocycles. The Kier molecular flexibility index (Phi) is 4.32. The fourth-order valence-corrected chi connectivity index (χ4v) is 6.64. The average molecular weight is 380 g/mol. The quantitative estimate of drug-likeness (QED) is 0.575. The van der Waals surface area contributed by atoms with Crippen LogP contribution < -0.4 is 5.73 Å². The zero-order valence-electron chi connectivity index (χ0n) is 15.3. The van der Waals surface area contributed by atoms with Gasteiger partial charge >= 0.3 is 5.97 Å². The van der Waals surface area contributed by atoms with Gasteiger partial charge in [0.05, 0.1) is 23.2 Å². The summed E-state index contributed by atoms with van der Waals surface area (Å²) < 4.78 is 27.7. The highest BCUT2D eigenvalue weighted by Crippen LogP contribution is 2.64. The molecule has 148 valence electrons. The van der Waals surface area contributed by atoms with Gasteiger partial charge in [0.1, 0.15) is 0 Å². The van der Waals surface area contributed by atoms with Crippen molar-refractivity contribution in [2.45, 2.75) is 56.4 Å². The van der Waals surface area contributed by atoms with Gasteiger partial charge in [-0.3, -0.25) is 9.69 Å². The highest BCUT2D eigenvalue weighted by molar-refractivity contribution is 6.01. The summed E-state index contributed by atoms with van der Waals surface area (Å²) in [6, 6.07) is 0. The molecule has 0 spiro atoms. The molecule has 0 aromatic heterocycles. The molecule has 6 nitrogen and oxygen atoms in total. The Morgan fingerprint density at radius 1 is 1.30 bits per heavy atom. The fraction of sp³-hybridized carbons (Fsp3) is 0.842. The maximum atomic E-state index is 13.8. The zero-order valence-corrected chi connectivity index (χ0v) is 15.3. The summed E-state index contributed by atoms with van der Waals surface area (Å²) in [5.74, 6) is -3.07. The van der Waals surface area contributed by atoms with Gasteiger partial charge in [0.25, 0.3) is 5.92 Å². The molecule has 4 aliphatic carbocycles. The number of rotatable bonds is 4. The van der Waals surface area contributed by atoms with Gasteiger partial charge in [0.2, 0.25) is 6.19 Å². The van der Waals surface area contributed by atoms with Crippen molar-refractivity contribution in [1.29, 1.82) is 5.26 Å². The van der Waals surface area contributed by atoms with Gasteiger partial charge in [0.15, 0.2) is 0 Å². The van der Waals surface area contributed by atoms with Gasteiger partial charge in [-0.25, -0.2) is 8.78 Å². The third-order valence-corrected chi connectivity index (χ3v) is 7.53. The van der Waals surface area contributed by atoms with Crippen molar-refractivity contribution >= 4 is 11.7 Å². The molecule has 0 radical (unpaired) electrons. The van der Waals surface area contributed by atoms with E-state index in [-0.39, 0.29) is 24.6 Å². The van der Waals surface area contributed by atoms with Crippen molar-refractivity contribution in [2.75, 3.05) is 19.6 Å². The van der Waals surface area contributed by atoms with Crippen LogP contribution in [0.1, 0.15) is 44.9 Å². The van der Waals surface area contributed by atoms with E-state index in [1.807, 2.05) is 0 Å². The molecule has 3 N–H and O–H groups in total. The summed E-state index contributed by atoms with van der Waals surface area (Å²) in [7, 11) is 0. The number of alkyl halides is 2. The smallest absolute Gasteiger partial charge is 0.311 e. The van der Waals surface area contributed by atoms with Gasteiger partial charge in [-0.15, -0.1) is 0 Å². The lowest BCUT2D eigenvalue weighted by atomic mass is 9.41. The van der Waals surface area contributed by atoms with Gasteiger partial charge in [-0.2, -0.15) is 10.3 Å². The van der Waals surface area contributed by atoms with Crippen LogP contribution in [0.5, 0.6) is 0 Å². The summed E-state index contributed by atoms with van der Waals surface area (Å²) in [5.41, 5.74) is 4.77. The number of hydrogen-bond donors (Lipinski definition) is 2. The van der Waals surface area contributed by atoms with E-state index in [9.17, 15) is 23.9 Å². The second kappa shape index (κ2) is 6.21. The summed E-state index contributed by atoms with van der Waals surface area (Å²) >= 11 is 0. The van der Waals surface area contributed by atoms with Crippen LogP contribution in [0, 0.1) is 34.6 Å². The van der Waals surface area contributed by atoms with E-state index in [1.54, 1.807) is 11.1 Å². The molecule has 27 heavy (non-hydrogen) atoms. The molecule has 0 amide bonds. The number of carbonyl (C=O) groups is 1. The highest BCUT2D eigenvalue weighted by atomic mass is 19.3. The largest absolute Gasteiger partial charge is 0.481 e. The second-order valence-corrected chi connectivity index (χ2v) is 9.13. The van der Waals surface area contributed by atoms with E-state index in [4.69, 9.17) is 5.73 Å². The maximum absolute atomic E-state index is 13.8. The monoisotopic (exact) mass is 380 g/mol. The summed E-state index contributed by atoms with van der Waals surface area (Å²) in [4.78, 5) is 18.0. The van der Waals surface area contributed by atoms with Crippen molar-refractivity contribution < 1.29 is 18.7 Å². The van der Waals surface area contributed by atoms with Crippen molar-refractivity contribution in [2.24, 2.45) is 33.9 Å². The number of halogens is 2. The summed E-state index contributed by atoms with van der Waals surface area (Å²) in [5, 5.41) is 19.4. The SMILES string of the molecule is N#CN=C(CN1CCCC(F)(F)C1)C1(N)C2CC3CC(C2)CC1(C(=O)O)C3. The molecule has 8 heteroatoms. The van der Waals surface area contributed by atoms with E-state index >= 15 is 0 Å². The third kappa shape index (κ3) is 2.78. The van der Waals surface area contributed by atoms with Crippen molar-refractivity contribution in [3.05, 3.63) is 0 Å². The van der Waals surface area contributed by atoms with E-state index in [0.717, 1.165) is 19.3 Å². The number of hydrogen-bond acceptors (Lipinski definition) is 5. The topological polar surface area (TPSA) is 103 Å². The van der Waals surface area contributed by atoms with Gasteiger partial charge in [-0.1, -0.05) is 0 Å². The highest BCUT2D eigenvalue weighted by Gasteiger charge is 2.69. The second-order valence-electron chi connectivity index (χ2n) is 9.13. The normalized spacial score (nSPS) is 43.5. The van der Waals surface area contributed by atoms with E-state index in [1.165, 1.54) is 0 Å². The minimum Gasteiger partial charge on any atom is -0.481 e. The Hall–Kier alpha value is -1.59. The molecular formula is C19H26F2N4O2. The molecule has 5 fully saturated rings. The van der Waals surface area contributed by atoms with Crippen LogP contribution in [-0.2, 0) is 4.79 Å². The average Bonchev–Trinajstić information content (AvgIpc) is 2.57. The number of carboxylic acids is 1. The van der Waals surface area contributed by atoms with Crippen LogP contribution in [0.4, 0.5) is 8.78 Å². The standard InChI is InChI=1S/C19H26F2N4O2/c20-18(21)2-1-3-25(10-18)9-15(24-11-22)19(23)14-5-12-4-13(6-14)8-17(19,7-12)16(26)27/h12-14H,1-10,23H2,(H,26,27). The molecule has 3 atom stereocenters. The molecule has 3 unspecified atom stereocenters. The lowest BCUT2D eigenvalue weighted by molar-refractivity contribution is -0.174. The number of nitriles is 1. The molecule has 5 aliphatic rings. The molecular weight excluding hydrogens is 354 g/mol. The number of nitrogens with zero attached hydrogens (tertiary/aromatic N) is 3. The van der Waals surface area contributed by atoms with Crippen LogP contribution in [0.2, 0.25) is 0 Å². The molecule has 5 rings (SSSR count). The van der Waals surface area contributed by atoms with Crippen molar-refractivity contribution in [3.8, 4) is 6.19 Å². The summed E-state index contributed by atoms with van der Waals surface area (Å²) in [6.07, 6.45) is 5.69. The van der Waals surface area contributed by atoms with Crippen LogP contribution in [-0.4, -0.2) is 52.8 Å². The van der Waals surface area contributed by atoms with Crippen LogP contribution >= 0.6 is 0 Å². The Morgan fingerprint density at radius 3 is 2.52 bits per heavy atom. The molecule has 1 saturated heterocycles. The number of aliphatic imine (C=N–C) groups is 1. The zero-order chi connectivity index (χ0) is 19.4. The molecule has 0 aromatic carbocycles. The lowest BCUT2D eigenvalue weighted by Crippen LogP contribution is -2.76. The van der Waals surface area contributed by atoms with Crippen molar-refractivity contribution in [1.82, 2.24) is 4.90 Å². The van der Waals surface area contributed by atoms with Crippen LogP contribution in [0.3, 0.4) is 0 Å². The third-order valence-electron chi connectivity index (χ3n) is 7.53. The van der Waals surface area contributed by atoms with Gasteiger partial charge in [0, 0.05) is 13.0 Å². The Morgan fingerprint density at radius 2 is 1.96 bits per heavy atom. The van der Waals surface area contributed by atoms with E-state index in [2.05, 4.69) is 4.99 Å². The first-order valence-electron chi connectivity index (χ1n) is 9.79. The number of likely N-dealkylation sites (tertiary alicyclic amines) is 1. The number of piperidine rings is 1. The first-order chi connectivity index (χ1) is 12.7. The molecule has 1 aliphatic heterocycles. The fourth-order valence-electron chi connectivity index (χ4n) is 6.64. The molecule has 0 aromatic rings. The van der Waals surface area contributed by atoms with Crippen LogP contribution in [0.15, 0.2) is 4.99 Å². The van der Waals surface area contributed by atoms with Gasteiger partial charge in [-0.05, 0) is 62.8 Å². The molecule has 4 bridgehead atoms. The minimum absolute atomic E-state index is 0.0422. The number of aliphatic carboxylic acids is 1. The first-order valence-corrected chi connectivity index (χ1v) is 9.79. The van der Waals surface area contributed by atoms with E-state index < -0.39 is 29.4 Å². The predicted molar refractivity (Wildman–Crippen MR) is 94.2 cm³/mol. The first kappa shape index (κ1) is 18.8. The predicted octanol–water partition coefficient (Wildman–Crippen LogP) is 2.25. The van der Waals surface area contributed by atoms with Gasteiger partial charge < -0.3 is 10.8 Å². The number of carboxylic acid groups (broad SMARTS) is 1. The molecule has 1 heterocycles. The Balaban J connectivity index is 1.70. The van der Waals surface area contributed by atoms with Crippen LogP contribution in [0.25, 0.3) is 0 Å². The number of nitrogens with two attached hydrogens (primary N) is 1. The van der Waals surface area contributed by atoms with Crippen molar-refractivity contribution in [3.63, 3.8) is 0 Å².